The normalized spacial score (nSPS) is 11.5. The van der Waals surface area contributed by atoms with E-state index in [9.17, 15) is 0 Å². The molecule has 1 aromatic heterocycles. The first-order chi connectivity index (χ1) is 22.9. The average Bonchev–Trinajstić information content (AvgIpc) is 3.47. The van der Waals surface area contributed by atoms with Crippen LogP contribution in [0.4, 0.5) is 11.4 Å². The molecule has 0 aliphatic heterocycles. The molecule has 0 amide bonds. The van der Waals surface area contributed by atoms with E-state index in [1.807, 2.05) is 0 Å². The van der Waals surface area contributed by atoms with Crippen LogP contribution in [0.1, 0.15) is 0 Å². The van der Waals surface area contributed by atoms with E-state index in [4.69, 9.17) is 0 Å². The summed E-state index contributed by atoms with van der Waals surface area (Å²) in [4.78, 5) is 0. The highest BCUT2D eigenvalue weighted by Gasteiger charge is 2.21. The lowest BCUT2D eigenvalue weighted by atomic mass is 9.90. The zero-order chi connectivity index (χ0) is 30.5. The molecule has 9 rings (SSSR count). The Bertz CT molecular complexity index is 2470. The quantitative estimate of drug-likeness (QED) is 0.199. The van der Waals surface area contributed by atoms with Crippen molar-refractivity contribution in [1.82, 2.24) is 4.57 Å². The lowest BCUT2D eigenvalue weighted by Crippen LogP contribution is -1.99. The predicted octanol–water partition coefficient (Wildman–Crippen LogP) is 12.2. The number of para-hydroxylation sites is 2. The minimum atomic E-state index is 1.08. The van der Waals surface area contributed by atoms with Crippen LogP contribution in [0.2, 0.25) is 0 Å². The van der Waals surface area contributed by atoms with Crippen molar-refractivity contribution >= 4 is 54.7 Å². The molecule has 1 heterocycles. The van der Waals surface area contributed by atoms with Crippen molar-refractivity contribution < 1.29 is 0 Å². The third-order valence-electron chi connectivity index (χ3n) is 9.17. The summed E-state index contributed by atoms with van der Waals surface area (Å²) < 4.78 is 2.39. The van der Waals surface area contributed by atoms with Gasteiger partial charge in [0.1, 0.15) is 0 Å². The van der Waals surface area contributed by atoms with Crippen molar-refractivity contribution in [1.29, 1.82) is 0 Å². The number of rotatable bonds is 5. The molecule has 0 saturated carbocycles. The molecule has 0 atom stereocenters. The second-order valence-corrected chi connectivity index (χ2v) is 11.8. The van der Waals surface area contributed by atoms with Crippen molar-refractivity contribution in [2.75, 3.05) is 5.32 Å². The van der Waals surface area contributed by atoms with E-state index in [0.29, 0.717) is 0 Å². The van der Waals surface area contributed by atoms with Gasteiger partial charge in [0.25, 0.3) is 0 Å². The zero-order valence-corrected chi connectivity index (χ0v) is 25.2. The summed E-state index contributed by atoms with van der Waals surface area (Å²) in [6.45, 7) is 0. The van der Waals surface area contributed by atoms with Gasteiger partial charge in [-0.05, 0) is 57.8 Å². The van der Waals surface area contributed by atoms with Gasteiger partial charge in [-0.15, -0.1) is 0 Å². The van der Waals surface area contributed by atoms with E-state index in [1.165, 1.54) is 65.6 Å². The highest BCUT2D eigenvalue weighted by atomic mass is 15.0. The number of hydrogen-bond donors (Lipinski definition) is 1. The van der Waals surface area contributed by atoms with Crippen LogP contribution in [0.5, 0.6) is 0 Å². The summed E-state index contributed by atoms with van der Waals surface area (Å²) in [5.74, 6) is 0. The minimum absolute atomic E-state index is 1.08. The van der Waals surface area contributed by atoms with Gasteiger partial charge >= 0.3 is 0 Å². The standard InChI is InChI=1S/C44H30N2/c1-4-16-30(17-5-1)41-33-22-10-12-24-35(33)44(36-25-13-11-23-34(36)41)45-38-28-29-40-43(42(38)31-18-6-2-7-19-31)37-26-14-15-27-39(37)46(40)32-20-8-3-9-21-32/h1-29,45H. The molecule has 0 spiro atoms. The van der Waals surface area contributed by atoms with Crippen LogP contribution in [-0.4, -0.2) is 4.57 Å². The fourth-order valence-corrected chi connectivity index (χ4v) is 7.24. The molecule has 216 valence electrons. The lowest BCUT2D eigenvalue weighted by molar-refractivity contribution is 1.18. The van der Waals surface area contributed by atoms with Gasteiger partial charge in [0, 0.05) is 38.5 Å². The molecule has 2 heteroatoms. The molecule has 0 saturated heterocycles. The summed E-state index contributed by atoms with van der Waals surface area (Å²) in [6.07, 6.45) is 0. The lowest BCUT2D eigenvalue weighted by Gasteiger charge is -2.21. The molecule has 0 radical (unpaired) electrons. The Morgan fingerprint density at radius 2 is 0.826 bits per heavy atom. The molecule has 0 aliphatic carbocycles. The molecular weight excluding hydrogens is 556 g/mol. The summed E-state index contributed by atoms with van der Waals surface area (Å²) >= 11 is 0. The fraction of sp³-hybridized carbons (Fsp3) is 0. The highest BCUT2D eigenvalue weighted by molar-refractivity contribution is 6.23. The first kappa shape index (κ1) is 26.3. The smallest absolute Gasteiger partial charge is 0.0548 e. The first-order valence-electron chi connectivity index (χ1n) is 15.8. The van der Waals surface area contributed by atoms with Gasteiger partial charge in [0.15, 0.2) is 0 Å². The number of benzene rings is 8. The number of nitrogens with zero attached hydrogens (tertiary/aromatic N) is 1. The topological polar surface area (TPSA) is 17.0 Å². The van der Waals surface area contributed by atoms with Gasteiger partial charge in [0.05, 0.1) is 16.7 Å². The van der Waals surface area contributed by atoms with Crippen molar-refractivity contribution in [3.63, 3.8) is 0 Å². The fourth-order valence-electron chi connectivity index (χ4n) is 7.24. The molecule has 0 unspecified atom stereocenters. The molecule has 9 aromatic rings. The van der Waals surface area contributed by atoms with Gasteiger partial charge in [-0.2, -0.15) is 0 Å². The van der Waals surface area contributed by atoms with E-state index < -0.39 is 0 Å². The number of hydrogen-bond acceptors (Lipinski definition) is 1. The summed E-state index contributed by atoms with van der Waals surface area (Å²) in [7, 11) is 0. The van der Waals surface area contributed by atoms with E-state index >= 15 is 0 Å². The first-order valence-corrected chi connectivity index (χ1v) is 15.8. The van der Waals surface area contributed by atoms with E-state index in [1.54, 1.807) is 0 Å². The minimum Gasteiger partial charge on any atom is -0.354 e. The van der Waals surface area contributed by atoms with Crippen LogP contribution in [0.3, 0.4) is 0 Å². The van der Waals surface area contributed by atoms with Crippen LogP contribution < -0.4 is 5.32 Å². The number of aromatic nitrogens is 1. The molecule has 0 fully saturated rings. The molecule has 0 bridgehead atoms. The Kier molecular flexibility index (Phi) is 6.17. The number of anilines is 2. The molecule has 2 nitrogen and oxygen atoms in total. The van der Waals surface area contributed by atoms with Crippen molar-refractivity contribution in [3.05, 3.63) is 176 Å². The van der Waals surface area contributed by atoms with E-state index in [-0.39, 0.29) is 0 Å². The maximum Gasteiger partial charge on any atom is 0.0548 e. The third-order valence-corrected chi connectivity index (χ3v) is 9.17. The van der Waals surface area contributed by atoms with Crippen molar-refractivity contribution in [2.45, 2.75) is 0 Å². The second-order valence-electron chi connectivity index (χ2n) is 11.8. The van der Waals surface area contributed by atoms with Gasteiger partial charge < -0.3 is 9.88 Å². The second kappa shape index (κ2) is 10.8. The maximum absolute atomic E-state index is 4.03. The Labute approximate surface area is 267 Å². The Balaban J connectivity index is 1.37. The molecule has 46 heavy (non-hydrogen) atoms. The monoisotopic (exact) mass is 586 g/mol. The van der Waals surface area contributed by atoms with E-state index in [2.05, 4.69) is 186 Å². The maximum atomic E-state index is 4.03. The van der Waals surface area contributed by atoms with Gasteiger partial charge in [-0.3, -0.25) is 0 Å². The van der Waals surface area contributed by atoms with Gasteiger partial charge in [-0.25, -0.2) is 0 Å². The highest BCUT2D eigenvalue weighted by Crippen LogP contribution is 2.47. The van der Waals surface area contributed by atoms with Crippen LogP contribution in [-0.2, 0) is 0 Å². The molecule has 8 aromatic carbocycles. The van der Waals surface area contributed by atoms with Crippen molar-refractivity contribution in [2.24, 2.45) is 0 Å². The Morgan fingerprint density at radius 1 is 0.348 bits per heavy atom. The van der Waals surface area contributed by atoms with Gasteiger partial charge in [0.2, 0.25) is 0 Å². The molecular formula is C44H30N2. The van der Waals surface area contributed by atoms with Crippen molar-refractivity contribution in [3.8, 4) is 27.9 Å². The number of nitrogens with one attached hydrogen (secondary N) is 1. The predicted molar refractivity (Wildman–Crippen MR) is 196 cm³/mol. The van der Waals surface area contributed by atoms with Gasteiger partial charge in [-0.1, -0.05) is 146 Å². The average molecular weight is 587 g/mol. The molecule has 0 aliphatic rings. The SMILES string of the molecule is c1ccc(-c2c3ccccc3c(Nc3ccc4c(c3-c3ccccc3)c3ccccc3n4-c3ccccc3)c3ccccc23)cc1. The largest absolute Gasteiger partial charge is 0.354 e. The van der Waals surface area contributed by atoms with Crippen LogP contribution in [0.15, 0.2) is 176 Å². The number of fused-ring (bicyclic) bond motifs is 5. The van der Waals surface area contributed by atoms with Crippen LogP contribution >= 0.6 is 0 Å². The third kappa shape index (κ3) is 4.12. The van der Waals surface area contributed by atoms with E-state index in [0.717, 1.165) is 17.1 Å². The summed E-state index contributed by atoms with van der Waals surface area (Å²) in [6, 6.07) is 63.1. The Morgan fingerprint density at radius 3 is 1.43 bits per heavy atom. The van der Waals surface area contributed by atoms with Crippen LogP contribution in [0.25, 0.3) is 71.3 Å². The van der Waals surface area contributed by atoms with Crippen LogP contribution in [0, 0.1) is 0 Å². The summed E-state index contributed by atoms with van der Waals surface area (Å²) in [5.41, 5.74) is 10.6. The molecule has 1 N–H and O–H groups in total. The Hall–Kier alpha value is -6.12. The summed E-state index contributed by atoms with van der Waals surface area (Å²) in [5, 5.41) is 11.4. The zero-order valence-electron chi connectivity index (χ0n) is 25.2.